The highest BCUT2D eigenvalue weighted by molar-refractivity contribution is 5.18. The summed E-state index contributed by atoms with van der Waals surface area (Å²) in [6.45, 7) is 0.998. The molecule has 0 spiro atoms. The molecule has 2 aliphatic rings. The Morgan fingerprint density at radius 3 is 2.42 bits per heavy atom. The van der Waals surface area contributed by atoms with Gasteiger partial charge in [0.05, 0.1) is 6.07 Å². The van der Waals surface area contributed by atoms with Crippen LogP contribution in [0.15, 0.2) is 30.3 Å². The second-order valence-electron chi connectivity index (χ2n) is 6.07. The number of benzene rings is 1. The monoisotopic (exact) mass is 255 g/mol. The van der Waals surface area contributed by atoms with Gasteiger partial charge < -0.3 is 5.73 Å². The van der Waals surface area contributed by atoms with E-state index in [1.54, 1.807) is 0 Å². The molecule has 19 heavy (non-hydrogen) atoms. The van der Waals surface area contributed by atoms with Gasteiger partial charge in [-0.05, 0) is 31.2 Å². The molecule has 0 saturated carbocycles. The molecule has 1 aromatic rings. The van der Waals surface area contributed by atoms with E-state index in [4.69, 9.17) is 5.73 Å². The fourth-order valence-electron chi connectivity index (χ4n) is 3.73. The average Bonchev–Trinajstić information content (AvgIpc) is 2.41. The second kappa shape index (κ2) is 4.96. The van der Waals surface area contributed by atoms with Crippen LogP contribution in [0.3, 0.4) is 0 Å². The summed E-state index contributed by atoms with van der Waals surface area (Å²) in [4.78, 5) is 2.58. The zero-order valence-corrected chi connectivity index (χ0v) is 11.3. The van der Waals surface area contributed by atoms with Gasteiger partial charge in [-0.2, -0.15) is 5.26 Å². The van der Waals surface area contributed by atoms with Gasteiger partial charge in [-0.3, -0.25) is 4.90 Å². The zero-order chi connectivity index (χ0) is 13.3. The fraction of sp³-hybridized carbons (Fsp3) is 0.562. The standard InChI is InChI=1S/C16H21N3/c17-12-16(18)9-14-7-4-8-15(10-16)19(14)11-13-5-2-1-3-6-13/h1-3,5-6,14-15H,4,7-11,18H2. The average molecular weight is 255 g/mol. The summed E-state index contributed by atoms with van der Waals surface area (Å²) in [5, 5.41) is 9.29. The summed E-state index contributed by atoms with van der Waals surface area (Å²) in [5.74, 6) is 0. The van der Waals surface area contributed by atoms with Crippen LogP contribution in [-0.4, -0.2) is 22.5 Å². The van der Waals surface area contributed by atoms with Crippen LogP contribution >= 0.6 is 0 Å². The lowest BCUT2D eigenvalue weighted by Gasteiger charge is -2.50. The van der Waals surface area contributed by atoms with Crippen LogP contribution in [0.4, 0.5) is 0 Å². The lowest BCUT2D eigenvalue weighted by molar-refractivity contribution is 0.0101. The molecule has 0 aromatic heterocycles. The Hall–Kier alpha value is -1.37. The Morgan fingerprint density at radius 2 is 1.84 bits per heavy atom. The van der Waals surface area contributed by atoms with Crippen LogP contribution in [0.25, 0.3) is 0 Å². The van der Waals surface area contributed by atoms with Crippen LogP contribution in [0.5, 0.6) is 0 Å². The van der Waals surface area contributed by atoms with Gasteiger partial charge in [0.2, 0.25) is 0 Å². The van der Waals surface area contributed by atoms with Crippen LogP contribution in [-0.2, 0) is 6.54 Å². The molecular weight excluding hydrogens is 234 g/mol. The maximum atomic E-state index is 9.29. The Morgan fingerprint density at radius 1 is 1.21 bits per heavy atom. The quantitative estimate of drug-likeness (QED) is 0.883. The molecule has 2 saturated heterocycles. The maximum Gasteiger partial charge on any atom is 0.107 e. The van der Waals surface area contributed by atoms with Gasteiger partial charge in [0, 0.05) is 18.6 Å². The molecule has 0 radical (unpaired) electrons. The first-order valence-corrected chi connectivity index (χ1v) is 7.20. The van der Waals surface area contributed by atoms with Gasteiger partial charge in [0.1, 0.15) is 5.54 Å². The van der Waals surface area contributed by atoms with Crippen molar-refractivity contribution in [2.45, 2.75) is 56.3 Å². The molecule has 100 valence electrons. The number of hydrogen-bond acceptors (Lipinski definition) is 3. The van der Waals surface area contributed by atoms with Crippen LogP contribution < -0.4 is 5.73 Å². The van der Waals surface area contributed by atoms with Gasteiger partial charge in [-0.15, -0.1) is 0 Å². The molecule has 2 unspecified atom stereocenters. The van der Waals surface area contributed by atoms with E-state index in [0.29, 0.717) is 12.1 Å². The normalized spacial score (nSPS) is 34.7. The SMILES string of the molecule is N#CC1(N)CC2CCCC(C1)N2Cc1ccccc1. The Kier molecular flexibility index (Phi) is 3.30. The number of nitrogens with zero attached hydrogens (tertiary/aromatic N) is 2. The minimum Gasteiger partial charge on any atom is -0.313 e. The minimum absolute atomic E-state index is 0.484. The van der Waals surface area contributed by atoms with Gasteiger partial charge in [-0.25, -0.2) is 0 Å². The highest BCUT2D eigenvalue weighted by atomic mass is 15.2. The number of piperidine rings is 2. The summed E-state index contributed by atoms with van der Waals surface area (Å²) >= 11 is 0. The van der Waals surface area contributed by atoms with Crippen molar-refractivity contribution in [3.8, 4) is 6.07 Å². The van der Waals surface area contributed by atoms with Gasteiger partial charge in [0.15, 0.2) is 0 Å². The topological polar surface area (TPSA) is 53.1 Å². The predicted octanol–water partition coefficient (Wildman–Crippen LogP) is 2.42. The van der Waals surface area contributed by atoms with E-state index < -0.39 is 5.54 Å². The summed E-state index contributed by atoms with van der Waals surface area (Å²) in [5.41, 5.74) is 6.98. The van der Waals surface area contributed by atoms with Crippen LogP contribution in [0, 0.1) is 11.3 Å². The second-order valence-corrected chi connectivity index (χ2v) is 6.07. The summed E-state index contributed by atoms with van der Waals surface area (Å²) in [6, 6.07) is 13.9. The third kappa shape index (κ3) is 2.51. The third-order valence-electron chi connectivity index (χ3n) is 4.64. The number of fused-ring (bicyclic) bond motifs is 2. The van der Waals surface area contributed by atoms with Gasteiger partial charge >= 0.3 is 0 Å². The van der Waals surface area contributed by atoms with E-state index >= 15 is 0 Å². The van der Waals surface area contributed by atoms with Gasteiger partial charge in [0.25, 0.3) is 0 Å². The number of rotatable bonds is 2. The Labute approximate surface area is 115 Å². The van der Waals surface area contributed by atoms with Gasteiger partial charge in [-0.1, -0.05) is 36.8 Å². The van der Waals surface area contributed by atoms with Crippen molar-refractivity contribution in [2.75, 3.05) is 0 Å². The van der Waals surface area contributed by atoms with E-state index in [0.717, 1.165) is 19.4 Å². The summed E-state index contributed by atoms with van der Waals surface area (Å²) in [7, 11) is 0. The van der Waals surface area contributed by atoms with E-state index in [-0.39, 0.29) is 0 Å². The largest absolute Gasteiger partial charge is 0.313 e. The highest BCUT2D eigenvalue weighted by Crippen LogP contribution is 2.38. The maximum absolute atomic E-state index is 9.29. The van der Waals surface area contributed by atoms with Crippen molar-refractivity contribution >= 4 is 0 Å². The minimum atomic E-state index is -0.594. The molecular formula is C16H21N3. The molecule has 2 aliphatic heterocycles. The van der Waals surface area contributed by atoms with Crippen molar-refractivity contribution in [1.82, 2.24) is 4.90 Å². The highest BCUT2D eigenvalue weighted by Gasteiger charge is 2.44. The summed E-state index contributed by atoms with van der Waals surface area (Å²) < 4.78 is 0. The van der Waals surface area contributed by atoms with Crippen molar-refractivity contribution in [3.05, 3.63) is 35.9 Å². The van der Waals surface area contributed by atoms with Crippen LogP contribution in [0.2, 0.25) is 0 Å². The van der Waals surface area contributed by atoms with Crippen LogP contribution in [0.1, 0.15) is 37.7 Å². The molecule has 0 aliphatic carbocycles. The zero-order valence-electron chi connectivity index (χ0n) is 11.3. The number of nitriles is 1. The lowest BCUT2D eigenvalue weighted by Crippen LogP contribution is -2.60. The smallest absolute Gasteiger partial charge is 0.107 e. The lowest BCUT2D eigenvalue weighted by atomic mass is 9.74. The van der Waals surface area contributed by atoms with Crippen molar-refractivity contribution in [3.63, 3.8) is 0 Å². The van der Waals surface area contributed by atoms with E-state index in [2.05, 4.69) is 41.3 Å². The molecule has 2 fully saturated rings. The van der Waals surface area contributed by atoms with E-state index in [1.165, 1.54) is 24.8 Å². The van der Waals surface area contributed by atoms with Crippen molar-refractivity contribution in [2.24, 2.45) is 5.73 Å². The molecule has 2 bridgehead atoms. The first-order chi connectivity index (χ1) is 9.20. The number of nitrogens with two attached hydrogens (primary N) is 1. The Bertz CT molecular complexity index is 463. The molecule has 0 amide bonds. The fourth-order valence-corrected chi connectivity index (χ4v) is 3.73. The molecule has 3 rings (SSSR count). The first-order valence-electron chi connectivity index (χ1n) is 7.20. The van der Waals surface area contributed by atoms with E-state index in [1.807, 2.05) is 0 Å². The molecule has 3 nitrogen and oxygen atoms in total. The first kappa shape index (κ1) is 12.7. The predicted molar refractivity (Wildman–Crippen MR) is 75.2 cm³/mol. The Balaban J connectivity index is 1.78. The molecule has 1 aromatic carbocycles. The molecule has 2 N–H and O–H groups in total. The number of hydrogen-bond donors (Lipinski definition) is 1. The molecule has 2 atom stereocenters. The van der Waals surface area contributed by atoms with E-state index in [9.17, 15) is 5.26 Å². The third-order valence-corrected chi connectivity index (χ3v) is 4.64. The van der Waals surface area contributed by atoms with Crippen molar-refractivity contribution < 1.29 is 0 Å². The molecule has 2 heterocycles. The summed E-state index contributed by atoms with van der Waals surface area (Å²) in [6.07, 6.45) is 5.30. The molecule has 3 heteroatoms. The van der Waals surface area contributed by atoms with Crippen molar-refractivity contribution in [1.29, 1.82) is 5.26 Å².